The number of fused-ring (bicyclic) bond motifs is 1. The third kappa shape index (κ3) is 3.73. The molecule has 2 unspecified atom stereocenters. The van der Waals surface area contributed by atoms with Gasteiger partial charge in [-0.1, -0.05) is 6.07 Å². The third-order valence-electron chi connectivity index (χ3n) is 5.07. The molecule has 5 nitrogen and oxygen atoms in total. The fourth-order valence-corrected chi connectivity index (χ4v) is 3.69. The van der Waals surface area contributed by atoms with E-state index in [0.29, 0.717) is 19.0 Å². The van der Waals surface area contributed by atoms with Crippen LogP contribution in [0.25, 0.3) is 0 Å². The maximum absolute atomic E-state index is 12.0. The summed E-state index contributed by atoms with van der Waals surface area (Å²) in [4.78, 5) is 26.0. The van der Waals surface area contributed by atoms with Gasteiger partial charge < -0.3 is 9.47 Å². The first-order valence-corrected chi connectivity index (χ1v) is 8.12. The molecule has 1 aliphatic carbocycles. The van der Waals surface area contributed by atoms with Gasteiger partial charge in [0.1, 0.15) is 17.5 Å². The smallest absolute Gasteiger partial charge is 0.317 e. The molecule has 1 heterocycles. The molecule has 0 N–H and O–H groups in total. The van der Waals surface area contributed by atoms with Gasteiger partial charge in [-0.25, -0.2) is 0 Å². The molecule has 1 aromatic rings. The summed E-state index contributed by atoms with van der Waals surface area (Å²) in [6, 6.07) is 6.62. The van der Waals surface area contributed by atoms with E-state index in [0.717, 1.165) is 31.6 Å². The molecule has 1 aromatic carbocycles. The van der Waals surface area contributed by atoms with Crippen LogP contribution in [0.5, 0.6) is 5.75 Å². The second kappa shape index (κ2) is 7.99. The maximum atomic E-state index is 12.0. The van der Waals surface area contributed by atoms with E-state index in [1.54, 1.807) is 7.11 Å². The molecule has 0 radical (unpaired) electrons. The van der Waals surface area contributed by atoms with Crippen molar-refractivity contribution in [2.75, 3.05) is 27.3 Å². The van der Waals surface area contributed by atoms with Crippen LogP contribution >= 0.6 is 12.4 Å². The molecule has 1 aliphatic heterocycles. The third-order valence-corrected chi connectivity index (χ3v) is 5.07. The molecule has 1 saturated heterocycles. The van der Waals surface area contributed by atoms with Crippen molar-refractivity contribution >= 4 is 24.2 Å². The zero-order chi connectivity index (χ0) is 16.4. The highest BCUT2D eigenvalue weighted by molar-refractivity contribution is 5.99. The molecule has 0 aromatic heterocycles. The molecule has 1 fully saturated rings. The molecule has 3 rings (SSSR count). The Morgan fingerprint density at radius 2 is 2.00 bits per heavy atom. The number of nitrogens with zero attached hydrogens (tertiary/aromatic N) is 1. The highest BCUT2D eigenvalue weighted by Gasteiger charge is 2.37. The molecular weight excluding hydrogens is 330 g/mol. The summed E-state index contributed by atoms with van der Waals surface area (Å²) >= 11 is 0. The van der Waals surface area contributed by atoms with Crippen molar-refractivity contribution < 1.29 is 19.1 Å². The average molecular weight is 354 g/mol. The molecule has 2 aliphatic rings. The standard InChI is InChI=1S/C18H23NO4.ClH/c1-22-15-6-4-12-3-5-14(9-13(12)10-15)19-8-7-17(20)16(11-19)18(21)23-2;/h4,6,10,14,16H,3,5,7-9,11H2,1-2H3;1H. The van der Waals surface area contributed by atoms with Gasteiger partial charge in [-0.05, 0) is 42.5 Å². The van der Waals surface area contributed by atoms with E-state index >= 15 is 0 Å². The average Bonchev–Trinajstić information content (AvgIpc) is 2.60. The van der Waals surface area contributed by atoms with Crippen molar-refractivity contribution in [2.45, 2.75) is 31.7 Å². The van der Waals surface area contributed by atoms with Crippen LogP contribution in [0.1, 0.15) is 24.0 Å². The van der Waals surface area contributed by atoms with Crippen LogP contribution in [0.3, 0.4) is 0 Å². The van der Waals surface area contributed by atoms with Crippen molar-refractivity contribution in [1.82, 2.24) is 4.90 Å². The van der Waals surface area contributed by atoms with E-state index in [1.165, 1.54) is 18.2 Å². The predicted octanol–water partition coefficient (Wildman–Crippen LogP) is 2.04. The topological polar surface area (TPSA) is 55.8 Å². The molecule has 0 saturated carbocycles. The second-order valence-corrected chi connectivity index (χ2v) is 6.32. The van der Waals surface area contributed by atoms with Crippen molar-refractivity contribution in [3.63, 3.8) is 0 Å². The lowest BCUT2D eigenvalue weighted by Gasteiger charge is -2.39. The van der Waals surface area contributed by atoms with Crippen LogP contribution in [0.2, 0.25) is 0 Å². The van der Waals surface area contributed by atoms with Gasteiger partial charge in [-0.3, -0.25) is 14.5 Å². The Morgan fingerprint density at radius 3 is 2.71 bits per heavy atom. The van der Waals surface area contributed by atoms with Crippen LogP contribution < -0.4 is 4.74 Å². The number of ether oxygens (including phenoxy) is 2. The number of hydrogen-bond donors (Lipinski definition) is 0. The molecule has 2 atom stereocenters. The van der Waals surface area contributed by atoms with Crippen LogP contribution in [0.15, 0.2) is 18.2 Å². The molecule has 132 valence electrons. The number of ketones is 1. The van der Waals surface area contributed by atoms with E-state index in [9.17, 15) is 9.59 Å². The van der Waals surface area contributed by atoms with Gasteiger partial charge in [0.15, 0.2) is 0 Å². The summed E-state index contributed by atoms with van der Waals surface area (Å²) in [6.45, 7) is 1.21. The van der Waals surface area contributed by atoms with E-state index < -0.39 is 11.9 Å². The first kappa shape index (κ1) is 18.7. The molecule has 6 heteroatoms. The molecule has 0 spiro atoms. The van der Waals surface area contributed by atoms with Crippen LogP contribution in [-0.2, 0) is 27.2 Å². The molecule has 24 heavy (non-hydrogen) atoms. The monoisotopic (exact) mass is 353 g/mol. The van der Waals surface area contributed by atoms with Gasteiger partial charge in [0, 0.05) is 25.6 Å². The Kier molecular flexibility index (Phi) is 6.24. The van der Waals surface area contributed by atoms with Crippen molar-refractivity contribution in [3.05, 3.63) is 29.3 Å². The highest BCUT2D eigenvalue weighted by Crippen LogP contribution is 2.29. The van der Waals surface area contributed by atoms with Crippen LogP contribution in [0, 0.1) is 5.92 Å². The lowest BCUT2D eigenvalue weighted by molar-refractivity contribution is -0.152. The lowest BCUT2D eigenvalue weighted by atomic mass is 9.85. The van der Waals surface area contributed by atoms with Gasteiger partial charge in [-0.2, -0.15) is 0 Å². The van der Waals surface area contributed by atoms with E-state index in [2.05, 4.69) is 17.0 Å². The predicted molar refractivity (Wildman–Crippen MR) is 92.8 cm³/mol. The quantitative estimate of drug-likeness (QED) is 0.615. The van der Waals surface area contributed by atoms with Gasteiger partial charge in [-0.15, -0.1) is 12.4 Å². The number of likely N-dealkylation sites (tertiary alicyclic amines) is 1. The number of carbonyl (C=O) groups is 2. The van der Waals surface area contributed by atoms with E-state index in [4.69, 9.17) is 9.47 Å². The summed E-state index contributed by atoms with van der Waals surface area (Å²) in [6.07, 6.45) is 3.45. The molecule has 0 amide bonds. The highest BCUT2D eigenvalue weighted by atomic mass is 35.5. The van der Waals surface area contributed by atoms with Gasteiger partial charge >= 0.3 is 5.97 Å². The second-order valence-electron chi connectivity index (χ2n) is 6.32. The zero-order valence-corrected chi connectivity index (χ0v) is 14.9. The van der Waals surface area contributed by atoms with Crippen molar-refractivity contribution in [1.29, 1.82) is 0 Å². The number of carbonyl (C=O) groups excluding carboxylic acids is 2. The number of halogens is 1. The number of piperidine rings is 1. The lowest BCUT2D eigenvalue weighted by Crippen LogP contribution is -2.50. The first-order chi connectivity index (χ1) is 11.1. The summed E-state index contributed by atoms with van der Waals surface area (Å²) in [7, 11) is 3.02. The Morgan fingerprint density at radius 1 is 1.21 bits per heavy atom. The normalized spacial score (nSPS) is 23.8. The summed E-state index contributed by atoms with van der Waals surface area (Å²) in [5, 5.41) is 0. The Balaban J connectivity index is 0.00000208. The number of benzene rings is 1. The molecular formula is C18H24ClNO4. The summed E-state index contributed by atoms with van der Waals surface area (Å²) in [5.74, 6) is -0.144. The summed E-state index contributed by atoms with van der Waals surface area (Å²) < 4.78 is 10.1. The minimum absolute atomic E-state index is 0. The Labute approximate surface area is 148 Å². The first-order valence-electron chi connectivity index (χ1n) is 8.12. The molecule has 0 bridgehead atoms. The SMILES string of the molecule is COC(=O)C1CN(C2CCc3ccc(OC)cc3C2)CCC1=O.Cl. The van der Waals surface area contributed by atoms with Gasteiger partial charge in [0.2, 0.25) is 0 Å². The van der Waals surface area contributed by atoms with Crippen molar-refractivity contribution in [2.24, 2.45) is 5.92 Å². The van der Waals surface area contributed by atoms with Gasteiger partial charge in [0.25, 0.3) is 0 Å². The fraction of sp³-hybridized carbons (Fsp3) is 0.556. The van der Waals surface area contributed by atoms with E-state index in [-0.39, 0.29) is 18.2 Å². The van der Waals surface area contributed by atoms with Crippen LogP contribution in [-0.4, -0.2) is 50.0 Å². The Bertz CT molecular complexity index is 611. The van der Waals surface area contributed by atoms with Crippen LogP contribution in [0.4, 0.5) is 0 Å². The fourth-order valence-electron chi connectivity index (χ4n) is 3.69. The van der Waals surface area contributed by atoms with Crippen molar-refractivity contribution in [3.8, 4) is 5.75 Å². The number of hydrogen-bond acceptors (Lipinski definition) is 5. The van der Waals surface area contributed by atoms with Gasteiger partial charge in [0.05, 0.1) is 14.2 Å². The zero-order valence-electron chi connectivity index (χ0n) is 14.1. The number of methoxy groups -OCH3 is 2. The summed E-state index contributed by atoms with van der Waals surface area (Å²) in [5.41, 5.74) is 2.69. The van der Waals surface area contributed by atoms with E-state index in [1.807, 2.05) is 6.07 Å². The number of aryl methyl sites for hydroxylation is 1. The maximum Gasteiger partial charge on any atom is 0.317 e. The minimum atomic E-state index is -0.625. The number of rotatable bonds is 3. The minimum Gasteiger partial charge on any atom is -0.497 e. The largest absolute Gasteiger partial charge is 0.497 e. The number of esters is 1. The Hall–Kier alpha value is -1.59. The number of Topliss-reactive ketones (excluding diaryl/α,β-unsaturated/α-hetero) is 1.